The topological polar surface area (TPSA) is 40.6 Å². The number of alkyl halides is 3. The molecular weight excluding hydrogens is 496 g/mol. The van der Waals surface area contributed by atoms with Crippen LogP contribution >= 0.6 is 11.6 Å². The van der Waals surface area contributed by atoms with Crippen molar-refractivity contribution in [2.24, 2.45) is 0 Å². The van der Waals surface area contributed by atoms with Crippen LogP contribution in [0.3, 0.4) is 0 Å². The molecule has 0 fully saturated rings. The van der Waals surface area contributed by atoms with Crippen molar-refractivity contribution >= 4 is 34.8 Å². The zero-order valence-corrected chi connectivity index (χ0v) is 20.3. The van der Waals surface area contributed by atoms with Crippen molar-refractivity contribution in [1.82, 2.24) is 0 Å². The fourth-order valence-electron chi connectivity index (χ4n) is 4.56. The maximum atomic E-state index is 13.7. The molecule has 0 aromatic heterocycles. The third-order valence-electron chi connectivity index (χ3n) is 6.28. The third kappa shape index (κ3) is 4.95. The number of anilines is 2. The number of nitrogens with zero attached hydrogens (tertiary/aromatic N) is 2. The molecule has 0 aliphatic carbocycles. The Balaban J connectivity index is 1.88. The second kappa shape index (κ2) is 9.93. The van der Waals surface area contributed by atoms with Crippen LogP contribution < -0.4 is 9.80 Å². The Bertz CT molecular complexity index is 1280. The van der Waals surface area contributed by atoms with E-state index in [4.69, 9.17) is 11.6 Å². The highest BCUT2D eigenvalue weighted by atomic mass is 35.5. The van der Waals surface area contributed by atoms with Crippen LogP contribution in [0.4, 0.5) is 28.9 Å². The number of fused-ring (bicyclic) bond motifs is 1. The summed E-state index contributed by atoms with van der Waals surface area (Å²) in [6, 6.07) is 13.5. The van der Waals surface area contributed by atoms with Crippen LogP contribution in [-0.4, -0.2) is 17.9 Å². The number of hydrogen-bond acceptors (Lipinski definition) is 2. The Morgan fingerprint density at radius 2 is 1.67 bits per heavy atom. The van der Waals surface area contributed by atoms with Gasteiger partial charge in [-0.2, -0.15) is 13.2 Å². The average Bonchev–Trinajstić information content (AvgIpc) is 2.84. The molecule has 1 aliphatic heterocycles. The maximum absolute atomic E-state index is 13.7. The first-order chi connectivity index (χ1) is 17.0. The van der Waals surface area contributed by atoms with E-state index in [0.29, 0.717) is 16.3 Å². The van der Waals surface area contributed by atoms with Crippen molar-refractivity contribution in [3.8, 4) is 0 Å². The van der Waals surface area contributed by atoms with Gasteiger partial charge >= 0.3 is 6.18 Å². The number of carbonyl (C=O) groups excluding carboxylic acids is 2. The molecular formula is C27H23ClF4N2O2. The summed E-state index contributed by atoms with van der Waals surface area (Å²) in [5, 5.41) is 0.478. The highest BCUT2D eigenvalue weighted by Crippen LogP contribution is 2.45. The van der Waals surface area contributed by atoms with Crippen LogP contribution in [0.1, 0.15) is 54.2 Å². The minimum atomic E-state index is -4.63. The van der Waals surface area contributed by atoms with Crippen LogP contribution in [-0.2, 0) is 11.0 Å². The lowest BCUT2D eigenvalue weighted by Gasteiger charge is -2.44. The van der Waals surface area contributed by atoms with Gasteiger partial charge in [0.25, 0.3) is 5.91 Å². The Kier molecular flexibility index (Phi) is 7.09. The van der Waals surface area contributed by atoms with Crippen molar-refractivity contribution in [2.45, 2.75) is 44.9 Å². The third-order valence-corrected chi connectivity index (χ3v) is 6.53. The first kappa shape index (κ1) is 25.7. The van der Waals surface area contributed by atoms with E-state index in [1.807, 2.05) is 0 Å². The molecule has 0 bridgehead atoms. The molecule has 0 saturated heterocycles. The normalized spacial score (nSPS) is 17.5. The molecule has 1 aliphatic rings. The number of benzene rings is 3. The molecule has 3 aromatic rings. The molecule has 0 unspecified atom stereocenters. The van der Waals surface area contributed by atoms with E-state index >= 15 is 0 Å². The molecule has 2 atom stereocenters. The summed E-state index contributed by atoms with van der Waals surface area (Å²) in [6.45, 7) is 3.42. The van der Waals surface area contributed by atoms with Crippen LogP contribution in [0.5, 0.6) is 0 Å². The SMILES string of the molecule is CCC(=O)N(c1ccc(Cl)cc1)[C@H]1C[C@@H](C)N(C(=O)c2ccc(F)cc2)c2cc(C(F)(F)F)ccc21. The predicted molar refractivity (Wildman–Crippen MR) is 131 cm³/mol. The first-order valence-electron chi connectivity index (χ1n) is 11.4. The van der Waals surface area contributed by atoms with Gasteiger partial charge in [-0.15, -0.1) is 0 Å². The summed E-state index contributed by atoms with van der Waals surface area (Å²) < 4.78 is 54.4. The molecule has 188 valence electrons. The summed E-state index contributed by atoms with van der Waals surface area (Å²) >= 11 is 6.02. The summed E-state index contributed by atoms with van der Waals surface area (Å²) in [5.74, 6) is -1.31. The Hall–Kier alpha value is -3.39. The summed E-state index contributed by atoms with van der Waals surface area (Å²) in [7, 11) is 0. The van der Waals surface area contributed by atoms with Gasteiger partial charge in [0.1, 0.15) is 5.82 Å². The molecule has 3 aromatic carbocycles. The van der Waals surface area contributed by atoms with Crippen LogP contribution in [0, 0.1) is 5.82 Å². The molecule has 0 spiro atoms. The van der Waals surface area contributed by atoms with Crippen molar-refractivity contribution in [2.75, 3.05) is 9.80 Å². The molecule has 0 saturated carbocycles. The van der Waals surface area contributed by atoms with E-state index in [-0.39, 0.29) is 30.0 Å². The fraction of sp³-hybridized carbons (Fsp3) is 0.259. The minimum absolute atomic E-state index is 0.0609. The van der Waals surface area contributed by atoms with Gasteiger partial charge in [-0.05, 0) is 79.6 Å². The average molecular weight is 519 g/mol. The van der Waals surface area contributed by atoms with Crippen molar-refractivity contribution in [1.29, 1.82) is 0 Å². The second-order valence-electron chi connectivity index (χ2n) is 8.65. The first-order valence-corrected chi connectivity index (χ1v) is 11.8. The zero-order chi connectivity index (χ0) is 26.2. The lowest BCUT2D eigenvalue weighted by molar-refractivity contribution is -0.137. The van der Waals surface area contributed by atoms with Gasteiger partial charge in [-0.25, -0.2) is 4.39 Å². The molecule has 4 rings (SSSR count). The van der Waals surface area contributed by atoms with Crippen LogP contribution in [0.15, 0.2) is 66.7 Å². The predicted octanol–water partition coefficient (Wildman–Crippen LogP) is 7.42. The summed E-state index contributed by atoms with van der Waals surface area (Å²) in [6.07, 6.45) is -4.19. The largest absolute Gasteiger partial charge is 0.416 e. The number of carbonyl (C=O) groups is 2. The van der Waals surface area contributed by atoms with E-state index in [0.717, 1.165) is 24.3 Å². The van der Waals surface area contributed by atoms with Crippen LogP contribution in [0.2, 0.25) is 5.02 Å². The van der Waals surface area contributed by atoms with Crippen molar-refractivity contribution < 1.29 is 27.2 Å². The number of rotatable bonds is 4. The highest BCUT2D eigenvalue weighted by molar-refractivity contribution is 6.30. The van der Waals surface area contributed by atoms with E-state index in [1.54, 1.807) is 43.0 Å². The number of hydrogen-bond donors (Lipinski definition) is 0. The second-order valence-corrected chi connectivity index (χ2v) is 9.08. The maximum Gasteiger partial charge on any atom is 0.416 e. The summed E-state index contributed by atoms with van der Waals surface area (Å²) in [5.41, 5.74) is 0.252. The standard InChI is InChI=1S/C27H23ClF4N2O2/c1-3-25(35)34(21-11-7-19(28)8-12-21)23-14-16(2)33(26(36)17-4-9-20(29)10-5-17)24-15-18(27(30,31)32)6-13-22(23)24/h4-13,15-16,23H,3,14H2,1-2H3/t16-,23+/m1/s1. The van der Waals surface area contributed by atoms with Gasteiger partial charge in [-0.1, -0.05) is 24.6 Å². The monoisotopic (exact) mass is 518 g/mol. The Labute approximate surface area is 211 Å². The lowest BCUT2D eigenvalue weighted by Crippen LogP contribution is -2.48. The van der Waals surface area contributed by atoms with Gasteiger partial charge in [-0.3, -0.25) is 9.59 Å². The highest BCUT2D eigenvalue weighted by Gasteiger charge is 2.41. The van der Waals surface area contributed by atoms with E-state index in [9.17, 15) is 27.2 Å². The molecule has 4 nitrogen and oxygen atoms in total. The quantitative estimate of drug-likeness (QED) is 0.337. The van der Waals surface area contributed by atoms with Gasteiger partial charge in [0, 0.05) is 28.7 Å². The van der Waals surface area contributed by atoms with Gasteiger partial charge in [0.2, 0.25) is 5.91 Å². The molecule has 36 heavy (non-hydrogen) atoms. The van der Waals surface area contributed by atoms with Crippen molar-refractivity contribution in [3.63, 3.8) is 0 Å². The Morgan fingerprint density at radius 1 is 1.03 bits per heavy atom. The van der Waals surface area contributed by atoms with E-state index in [2.05, 4.69) is 0 Å². The number of amides is 2. The van der Waals surface area contributed by atoms with Gasteiger partial charge in [0.15, 0.2) is 0 Å². The molecule has 1 heterocycles. The molecule has 0 N–H and O–H groups in total. The molecule has 9 heteroatoms. The Morgan fingerprint density at radius 3 is 2.25 bits per heavy atom. The minimum Gasteiger partial charge on any atom is -0.305 e. The lowest BCUT2D eigenvalue weighted by atomic mass is 9.88. The smallest absolute Gasteiger partial charge is 0.305 e. The number of halogens is 5. The summed E-state index contributed by atoms with van der Waals surface area (Å²) in [4.78, 5) is 29.4. The van der Waals surface area contributed by atoms with Gasteiger partial charge in [0.05, 0.1) is 17.3 Å². The van der Waals surface area contributed by atoms with Gasteiger partial charge < -0.3 is 9.80 Å². The van der Waals surface area contributed by atoms with Crippen LogP contribution in [0.25, 0.3) is 0 Å². The fourth-order valence-corrected chi connectivity index (χ4v) is 4.68. The zero-order valence-electron chi connectivity index (χ0n) is 19.5. The molecule has 0 radical (unpaired) electrons. The van der Waals surface area contributed by atoms with E-state index in [1.165, 1.54) is 23.1 Å². The van der Waals surface area contributed by atoms with Crippen molar-refractivity contribution in [3.05, 3.63) is 94.3 Å². The van der Waals surface area contributed by atoms with E-state index < -0.39 is 35.5 Å². The molecule has 2 amide bonds.